The molecule has 2 aromatic carbocycles. The first-order chi connectivity index (χ1) is 11.4. The number of carbonyl (C=O) groups excluding carboxylic acids is 1. The Morgan fingerprint density at radius 2 is 1.46 bits per heavy atom. The molecule has 0 bridgehead atoms. The zero-order valence-corrected chi connectivity index (χ0v) is 14.1. The fourth-order valence-corrected chi connectivity index (χ4v) is 3.29. The van der Waals surface area contributed by atoms with Crippen LogP contribution in [-0.4, -0.2) is 20.4 Å². The molecule has 1 aliphatic rings. The number of nitrogens with one attached hydrogen (secondary N) is 3. The van der Waals surface area contributed by atoms with Crippen LogP contribution in [0.15, 0.2) is 53.4 Å². The molecule has 0 spiro atoms. The summed E-state index contributed by atoms with van der Waals surface area (Å²) in [4.78, 5) is 11.1. The van der Waals surface area contributed by atoms with Gasteiger partial charge in [0.05, 0.1) is 4.90 Å². The number of anilines is 3. The molecule has 0 heterocycles. The molecule has 0 radical (unpaired) electrons. The summed E-state index contributed by atoms with van der Waals surface area (Å²) in [7, 11) is -3.67. The smallest absolute Gasteiger partial charge is 0.261 e. The van der Waals surface area contributed by atoms with Crippen molar-refractivity contribution < 1.29 is 13.2 Å². The van der Waals surface area contributed by atoms with Gasteiger partial charge in [-0.15, -0.1) is 0 Å². The lowest BCUT2D eigenvalue weighted by Crippen LogP contribution is -2.13. The van der Waals surface area contributed by atoms with E-state index in [0.29, 0.717) is 17.4 Å². The number of amides is 1. The summed E-state index contributed by atoms with van der Waals surface area (Å²) in [5, 5.41) is 5.95. The lowest BCUT2D eigenvalue weighted by Gasteiger charge is -2.10. The largest absolute Gasteiger partial charge is 0.382 e. The molecular formula is C17H19N3O3S. The third-order valence-electron chi connectivity index (χ3n) is 3.57. The topological polar surface area (TPSA) is 87.3 Å². The second-order valence-electron chi connectivity index (χ2n) is 5.81. The second kappa shape index (κ2) is 6.52. The molecule has 126 valence electrons. The summed E-state index contributed by atoms with van der Waals surface area (Å²) in [5.74, 6) is -0.205. The summed E-state index contributed by atoms with van der Waals surface area (Å²) < 4.78 is 27.3. The van der Waals surface area contributed by atoms with Gasteiger partial charge in [0.15, 0.2) is 0 Å². The SMILES string of the molecule is CC(=O)Nc1ccc(S(=O)(=O)Nc2ccc(NC3CC3)cc2)cc1. The van der Waals surface area contributed by atoms with Crippen LogP contribution >= 0.6 is 0 Å². The van der Waals surface area contributed by atoms with E-state index >= 15 is 0 Å². The second-order valence-corrected chi connectivity index (χ2v) is 7.49. The van der Waals surface area contributed by atoms with Gasteiger partial charge in [0.2, 0.25) is 5.91 Å². The first kappa shape index (κ1) is 16.3. The van der Waals surface area contributed by atoms with Crippen LogP contribution in [0.3, 0.4) is 0 Å². The van der Waals surface area contributed by atoms with Crippen LogP contribution < -0.4 is 15.4 Å². The Hall–Kier alpha value is -2.54. The van der Waals surface area contributed by atoms with Crippen LogP contribution in [0, 0.1) is 0 Å². The molecule has 0 aromatic heterocycles. The van der Waals surface area contributed by atoms with Gasteiger partial charge in [0, 0.05) is 30.0 Å². The van der Waals surface area contributed by atoms with Crippen molar-refractivity contribution in [2.45, 2.75) is 30.7 Å². The average molecular weight is 345 g/mol. The van der Waals surface area contributed by atoms with E-state index in [9.17, 15) is 13.2 Å². The minimum atomic E-state index is -3.67. The van der Waals surface area contributed by atoms with E-state index in [-0.39, 0.29) is 10.8 Å². The highest BCUT2D eigenvalue weighted by molar-refractivity contribution is 7.92. The molecular weight excluding hydrogens is 326 g/mol. The molecule has 7 heteroatoms. The van der Waals surface area contributed by atoms with Crippen molar-refractivity contribution in [1.82, 2.24) is 0 Å². The van der Waals surface area contributed by atoms with E-state index in [1.54, 1.807) is 24.3 Å². The van der Waals surface area contributed by atoms with Crippen LogP contribution in [0.2, 0.25) is 0 Å². The third-order valence-corrected chi connectivity index (χ3v) is 4.97. The highest BCUT2D eigenvalue weighted by Crippen LogP contribution is 2.26. The Morgan fingerprint density at radius 3 is 2.00 bits per heavy atom. The van der Waals surface area contributed by atoms with Gasteiger partial charge in [-0.2, -0.15) is 0 Å². The van der Waals surface area contributed by atoms with Crippen LogP contribution in [0.25, 0.3) is 0 Å². The Morgan fingerprint density at radius 1 is 0.917 bits per heavy atom. The fraction of sp³-hybridized carbons (Fsp3) is 0.235. The molecule has 2 aromatic rings. The van der Waals surface area contributed by atoms with E-state index in [1.807, 2.05) is 12.1 Å². The van der Waals surface area contributed by atoms with Crippen molar-refractivity contribution in [3.05, 3.63) is 48.5 Å². The molecule has 3 rings (SSSR count). The Balaban J connectivity index is 1.69. The Kier molecular flexibility index (Phi) is 4.44. The van der Waals surface area contributed by atoms with Crippen molar-refractivity contribution in [2.24, 2.45) is 0 Å². The molecule has 0 unspecified atom stereocenters. The molecule has 0 saturated heterocycles. The third kappa shape index (κ3) is 4.26. The number of carbonyl (C=O) groups is 1. The number of hydrogen-bond acceptors (Lipinski definition) is 4. The van der Waals surface area contributed by atoms with Crippen LogP contribution in [0.1, 0.15) is 19.8 Å². The molecule has 0 atom stereocenters. The van der Waals surface area contributed by atoms with Crippen molar-refractivity contribution >= 4 is 33.0 Å². The van der Waals surface area contributed by atoms with Crippen LogP contribution in [0.5, 0.6) is 0 Å². The molecule has 0 aliphatic heterocycles. The minimum Gasteiger partial charge on any atom is -0.382 e. The van der Waals surface area contributed by atoms with E-state index in [1.165, 1.54) is 31.9 Å². The molecule has 1 amide bonds. The van der Waals surface area contributed by atoms with Gasteiger partial charge in [0.25, 0.3) is 10.0 Å². The van der Waals surface area contributed by atoms with Crippen molar-refractivity contribution in [3.63, 3.8) is 0 Å². The normalized spacial score (nSPS) is 14.0. The maximum Gasteiger partial charge on any atom is 0.261 e. The monoisotopic (exact) mass is 345 g/mol. The van der Waals surface area contributed by atoms with Gasteiger partial charge in [-0.1, -0.05) is 0 Å². The number of benzene rings is 2. The zero-order chi connectivity index (χ0) is 17.2. The number of hydrogen-bond donors (Lipinski definition) is 3. The quantitative estimate of drug-likeness (QED) is 0.751. The lowest BCUT2D eigenvalue weighted by molar-refractivity contribution is -0.114. The highest BCUT2D eigenvalue weighted by Gasteiger charge is 2.20. The minimum absolute atomic E-state index is 0.136. The van der Waals surface area contributed by atoms with E-state index < -0.39 is 10.0 Å². The molecule has 1 fully saturated rings. The van der Waals surface area contributed by atoms with Gasteiger partial charge in [-0.25, -0.2) is 8.42 Å². The van der Waals surface area contributed by atoms with Crippen LogP contribution in [0.4, 0.5) is 17.1 Å². The van der Waals surface area contributed by atoms with Gasteiger partial charge in [-0.3, -0.25) is 9.52 Å². The molecule has 1 saturated carbocycles. The summed E-state index contributed by atoms with van der Waals surface area (Å²) >= 11 is 0. The molecule has 3 N–H and O–H groups in total. The number of rotatable bonds is 6. The summed E-state index contributed by atoms with van der Waals surface area (Å²) in [5.41, 5.74) is 2.04. The Bertz CT molecular complexity index is 826. The molecule has 1 aliphatic carbocycles. The standard InChI is InChI=1S/C17H19N3O3S/c1-12(21)18-13-8-10-17(11-9-13)24(22,23)20-16-6-4-15(5-7-16)19-14-2-3-14/h4-11,14,19-20H,2-3H2,1H3,(H,18,21). The van der Waals surface area contributed by atoms with Crippen LogP contribution in [-0.2, 0) is 14.8 Å². The van der Waals surface area contributed by atoms with E-state index in [4.69, 9.17) is 0 Å². The zero-order valence-electron chi connectivity index (χ0n) is 13.2. The van der Waals surface area contributed by atoms with E-state index in [0.717, 1.165) is 5.69 Å². The average Bonchev–Trinajstić information content (AvgIpc) is 3.33. The molecule has 6 nitrogen and oxygen atoms in total. The van der Waals surface area contributed by atoms with Gasteiger partial charge < -0.3 is 10.6 Å². The first-order valence-electron chi connectivity index (χ1n) is 7.69. The summed E-state index contributed by atoms with van der Waals surface area (Å²) in [6.07, 6.45) is 2.37. The first-order valence-corrected chi connectivity index (χ1v) is 9.18. The van der Waals surface area contributed by atoms with Gasteiger partial charge in [0.1, 0.15) is 0 Å². The van der Waals surface area contributed by atoms with Gasteiger partial charge in [-0.05, 0) is 61.4 Å². The van der Waals surface area contributed by atoms with Crippen molar-refractivity contribution in [1.29, 1.82) is 0 Å². The van der Waals surface area contributed by atoms with Crippen molar-refractivity contribution in [2.75, 3.05) is 15.4 Å². The summed E-state index contributed by atoms with van der Waals surface area (Å²) in [6, 6.07) is 13.7. The Labute approximate surface area is 141 Å². The number of sulfonamides is 1. The van der Waals surface area contributed by atoms with E-state index in [2.05, 4.69) is 15.4 Å². The summed E-state index contributed by atoms with van der Waals surface area (Å²) in [6.45, 7) is 1.40. The lowest BCUT2D eigenvalue weighted by atomic mass is 10.3. The van der Waals surface area contributed by atoms with Crippen molar-refractivity contribution in [3.8, 4) is 0 Å². The maximum atomic E-state index is 12.4. The highest BCUT2D eigenvalue weighted by atomic mass is 32.2. The maximum absolute atomic E-state index is 12.4. The fourth-order valence-electron chi connectivity index (χ4n) is 2.23. The van der Waals surface area contributed by atoms with Gasteiger partial charge >= 0.3 is 0 Å². The predicted octanol–water partition coefficient (Wildman–Crippen LogP) is 3.02. The molecule has 24 heavy (non-hydrogen) atoms. The predicted molar refractivity (Wildman–Crippen MR) is 94.6 cm³/mol.